The molecule has 3 N–H and O–H groups in total. The molecule has 0 fully saturated rings. The Morgan fingerprint density at radius 2 is 1.78 bits per heavy atom. The van der Waals surface area contributed by atoms with E-state index >= 15 is 0 Å². The van der Waals surface area contributed by atoms with Gasteiger partial charge in [0.1, 0.15) is 12.4 Å². The summed E-state index contributed by atoms with van der Waals surface area (Å²) in [6, 6.07) is 22.0. The van der Waals surface area contributed by atoms with E-state index in [2.05, 4.69) is 0 Å². The zero-order valence-electron chi connectivity index (χ0n) is 17.7. The second-order valence-electron chi connectivity index (χ2n) is 7.81. The van der Waals surface area contributed by atoms with Crippen molar-refractivity contribution >= 4 is 11.8 Å². The smallest absolute Gasteiger partial charge is 0.254 e. The summed E-state index contributed by atoms with van der Waals surface area (Å²) in [6.07, 6.45) is 1.62. The molecule has 0 radical (unpaired) electrons. The lowest BCUT2D eigenvalue weighted by Gasteiger charge is -2.31. The van der Waals surface area contributed by atoms with Crippen LogP contribution in [0.3, 0.4) is 0 Å². The van der Waals surface area contributed by atoms with Crippen LogP contribution >= 0.6 is 0 Å². The highest BCUT2D eigenvalue weighted by atomic mass is 16.5. The van der Waals surface area contributed by atoms with Gasteiger partial charge in [-0.15, -0.1) is 0 Å². The molecule has 0 aromatic heterocycles. The van der Waals surface area contributed by atoms with Crippen LogP contribution < -0.4 is 10.5 Å². The van der Waals surface area contributed by atoms with Crippen molar-refractivity contribution in [3.05, 3.63) is 101 Å². The second kappa shape index (κ2) is 9.66. The van der Waals surface area contributed by atoms with Crippen molar-refractivity contribution in [1.82, 2.24) is 4.90 Å². The van der Waals surface area contributed by atoms with Crippen LogP contribution in [0.1, 0.15) is 49.9 Å². The molecule has 3 aromatic carbocycles. The second-order valence-corrected chi connectivity index (χ2v) is 7.81. The monoisotopic (exact) mass is 430 g/mol. The van der Waals surface area contributed by atoms with Gasteiger partial charge in [-0.1, -0.05) is 42.5 Å². The van der Waals surface area contributed by atoms with Crippen molar-refractivity contribution in [3.63, 3.8) is 0 Å². The highest BCUT2D eigenvalue weighted by Crippen LogP contribution is 2.39. The van der Waals surface area contributed by atoms with Crippen LogP contribution in [0.4, 0.5) is 0 Å². The summed E-state index contributed by atoms with van der Waals surface area (Å²) >= 11 is 0. The fourth-order valence-electron chi connectivity index (χ4n) is 4.29. The van der Waals surface area contributed by atoms with E-state index in [0.29, 0.717) is 22.4 Å². The van der Waals surface area contributed by atoms with Crippen LogP contribution in [0.25, 0.3) is 0 Å². The van der Waals surface area contributed by atoms with Crippen molar-refractivity contribution in [2.75, 3.05) is 13.2 Å². The Bertz CT molecular complexity index is 1110. The van der Waals surface area contributed by atoms with Crippen LogP contribution in [0.15, 0.2) is 72.8 Å². The van der Waals surface area contributed by atoms with Gasteiger partial charge in [-0.2, -0.15) is 0 Å². The molecular weight excluding hydrogens is 404 g/mol. The number of carbonyl (C=O) groups is 2. The van der Waals surface area contributed by atoms with Crippen LogP contribution in [-0.4, -0.2) is 35.0 Å². The molecular formula is C26H26N2O4. The van der Waals surface area contributed by atoms with E-state index in [1.54, 1.807) is 24.3 Å². The fourth-order valence-corrected chi connectivity index (χ4v) is 4.29. The first kappa shape index (κ1) is 21.6. The molecule has 164 valence electrons. The molecule has 6 nitrogen and oxygen atoms in total. The maximum atomic E-state index is 13.6. The summed E-state index contributed by atoms with van der Waals surface area (Å²) in [5.41, 5.74) is 9.51. The van der Waals surface area contributed by atoms with Gasteiger partial charge in [0, 0.05) is 17.7 Å². The number of aliphatic hydroxyl groups excluding tert-OH is 1. The van der Waals surface area contributed by atoms with E-state index in [1.807, 2.05) is 53.4 Å². The fraction of sp³-hybridized carbons (Fsp3) is 0.231. The summed E-state index contributed by atoms with van der Waals surface area (Å²) < 4.78 is 5.61. The molecule has 0 spiro atoms. The molecule has 6 heteroatoms. The summed E-state index contributed by atoms with van der Waals surface area (Å²) in [4.78, 5) is 27.4. The van der Waals surface area contributed by atoms with Gasteiger partial charge in [-0.3, -0.25) is 9.59 Å². The third kappa shape index (κ3) is 4.50. The lowest BCUT2D eigenvalue weighted by molar-refractivity contribution is 0.0656. The number of fused-ring (bicyclic) bond motifs is 1. The number of hydrogen-bond donors (Lipinski definition) is 2. The molecule has 0 heterocycles. The molecule has 0 saturated carbocycles. The number of benzene rings is 3. The molecule has 1 atom stereocenters. The van der Waals surface area contributed by atoms with Gasteiger partial charge in [0.15, 0.2) is 0 Å². The quantitative estimate of drug-likeness (QED) is 0.572. The lowest BCUT2D eigenvalue weighted by Crippen LogP contribution is -2.34. The Hall–Kier alpha value is -3.64. The number of nitrogens with zero attached hydrogens (tertiary/aromatic N) is 1. The molecule has 2 amide bonds. The normalized spacial score (nSPS) is 14.6. The standard InChI is InChI=1S/C26H26N2O4/c27-25(30)22-9-5-4-8-20(22)17-28(26(31)19-6-2-1-3-7-19)24-13-11-18-10-12-21(16-23(18)24)32-15-14-29/h1-10,12,16,24,29H,11,13-15,17H2,(H2,27,30)/t24-/m1/s1. The van der Waals surface area contributed by atoms with E-state index in [9.17, 15) is 9.59 Å². The van der Waals surface area contributed by atoms with Gasteiger partial charge in [0.05, 0.1) is 12.6 Å². The number of nitrogens with two attached hydrogens (primary N) is 1. The first-order chi connectivity index (χ1) is 15.6. The van der Waals surface area contributed by atoms with E-state index in [4.69, 9.17) is 15.6 Å². The topological polar surface area (TPSA) is 92.9 Å². The van der Waals surface area contributed by atoms with Gasteiger partial charge in [0.2, 0.25) is 5.91 Å². The number of primary amides is 1. The van der Waals surface area contributed by atoms with Crippen molar-refractivity contribution in [2.45, 2.75) is 25.4 Å². The molecule has 3 aromatic rings. The molecule has 1 aliphatic rings. The van der Waals surface area contributed by atoms with Crippen LogP contribution in [0.2, 0.25) is 0 Å². The molecule has 0 bridgehead atoms. The Balaban J connectivity index is 1.73. The maximum absolute atomic E-state index is 13.6. The van der Waals surface area contributed by atoms with Gasteiger partial charge in [0.25, 0.3) is 5.91 Å². The first-order valence-corrected chi connectivity index (χ1v) is 10.7. The predicted molar refractivity (Wildman–Crippen MR) is 121 cm³/mol. The Morgan fingerprint density at radius 3 is 2.53 bits per heavy atom. The molecule has 1 aliphatic carbocycles. The van der Waals surface area contributed by atoms with Gasteiger partial charge < -0.3 is 20.5 Å². The minimum Gasteiger partial charge on any atom is -0.491 e. The average Bonchev–Trinajstić information content (AvgIpc) is 3.24. The third-order valence-corrected chi connectivity index (χ3v) is 5.80. The minimum atomic E-state index is -0.515. The Labute approximate surface area is 187 Å². The minimum absolute atomic E-state index is 0.0664. The molecule has 4 rings (SSSR count). The number of aryl methyl sites for hydroxylation is 1. The molecule has 0 unspecified atom stereocenters. The predicted octanol–water partition coefficient (Wildman–Crippen LogP) is 3.49. The third-order valence-electron chi connectivity index (χ3n) is 5.80. The SMILES string of the molecule is NC(=O)c1ccccc1CN(C(=O)c1ccccc1)[C@@H]1CCc2ccc(OCCO)cc21. The van der Waals surface area contributed by atoms with Gasteiger partial charge in [-0.25, -0.2) is 0 Å². The maximum Gasteiger partial charge on any atom is 0.254 e. The van der Waals surface area contributed by atoms with Gasteiger partial charge >= 0.3 is 0 Å². The van der Waals surface area contributed by atoms with Crippen LogP contribution in [0, 0.1) is 0 Å². The van der Waals surface area contributed by atoms with Crippen LogP contribution in [0.5, 0.6) is 5.75 Å². The Morgan fingerprint density at radius 1 is 1.03 bits per heavy atom. The van der Waals surface area contributed by atoms with Crippen molar-refractivity contribution in [1.29, 1.82) is 0 Å². The van der Waals surface area contributed by atoms with E-state index in [0.717, 1.165) is 18.4 Å². The highest BCUT2D eigenvalue weighted by Gasteiger charge is 2.32. The molecule has 0 aliphatic heterocycles. The van der Waals surface area contributed by atoms with E-state index in [1.165, 1.54) is 5.56 Å². The Kier molecular flexibility index (Phi) is 6.52. The summed E-state index contributed by atoms with van der Waals surface area (Å²) in [6.45, 7) is 0.407. The number of carbonyl (C=O) groups excluding carboxylic acids is 2. The number of hydrogen-bond acceptors (Lipinski definition) is 4. The summed E-state index contributed by atoms with van der Waals surface area (Å²) in [5, 5.41) is 9.08. The zero-order chi connectivity index (χ0) is 22.5. The molecule has 0 saturated heterocycles. The van der Waals surface area contributed by atoms with E-state index < -0.39 is 5.91 Å². The lowest BCUT2D eigenvalue weighted by atomic mass is 10.0. The first-order valence-electron chi connectivity index (χ1n) is 10.7. The van der Waals surface area contributed by atoms with Crippen molar-refractivity contribution in [3.8, 4) is 5.75 Å². The largest absolute Gasteiger partial charge is 0.491 e. The average molecular weight is 431 g/mol. The van der Waals surface area contributed by atoms with Gasteiger partial charge in [-0.05, 0) is 59.9 Å². The van der Waals surface area contributed by atoms with Crippen molar-refractivity contribution in [2.24, 2.45) is 5.73 Å². The molecule has 32 heavy (non-hydrogen) atoms. The summed E-state index contributed by atoms with van der Waals surface area (Å²) in [7, 11) is 0. The van der Waals surface area contributed by atoms with Crippen molar-refractivity contribution < 1.29 is 19.4 Å². The number of rotatable bonds is 8. The number of amides is 2. The van der Waals surface area contributed by atoms with Crippen LogP contribution in [-0.2, 0) is 13.0 Å². The number of aliphatic hydroxyl groups is 1. The summed E-state index contributed by atoms with van der Waals surface area (Å²) in [5.74, 6) is 0.0398. The highest BCUT2D eigenvalue weighted by molar-refractivity contribution is 5.96. The number of ether oxygens (including phenoxy) is 1. The van der Waals surface area contributed by atoms with E-state index in [-0.39, 0.29) is 31.7 Å². The zero-order valence-corrected chi connectivity index (χ0v) is 17.7.